The molecule has 140 valence electrons. The second-order valence-corrected chi connectivity index (χ2v) is 8.76. The Morgan fingerprint density at radius 1 is 1.15 bits per heavy atom. The van der Waals surface area contributed by atoms with E-state index in [1.807, 2.05) is 0 Å². The summed E-state index contributed by atoms with van der Waals surface area (Å²) in [7, 11) is -2.24. The number of halogens is 1. The second-order valence-electron chi connectivity index (χ2n) is 6.39. The van der Waals surface area contributed by atoms with Crippen molar-refractivity contribution in [2.75, 3.05) is 17.9 Å². The van der Waals surface area contributed by atoms with Crippen LogP contribution in [0.1, 0.15) is 30.6 Å². The molecular weight excluding hydrogens is 372 g/mol. The normalized spacial score (nSPS) is 11.4. The van der Waals surface area contributed by atoms with E-state index in [1.54, 1.807) is 30.3 Å². The molecule has 7 heteroatoms. The molecule has 0 bridgehead atoms. The van der Waals surface area contributed by atoms with Gasteiger partial charge in [-0.25, -0.2) is 8.42 Å². The lowest BCUT2D eigenvalue weighted by Gasteiger charge is -2.20. The maximum atomic E-state index is 12.7. The van der Waals surface area contributed by atoms with Crippen LogP contribution >= 0.6 is 11.6 Å². The highest BCUT2D eigenvalue weighted by atomic mass is 35.5. The highest BCUT2D eigenvalue weighted by Crippen LogP contribution is 2.27. The van der Waals surface area contributed by atoms with Gasteiger partial charge >= 0.3 is 0 Å². The van der Waals surface area contributed by atoms with Crippen molar-refractivity contribution in [3.63, 3.8) is 0 Å². The molecule has 0 saturated carbocycles. The van der Waals surface area contributed by atoms with E-state index in [1.165, 1.54) is 25.2 Å². The Labute approximate surface area is 160 Å². The lowest BCUT2D eigenvalue weighted by Crippen LogP contribution is -2.27. The monoisotopic (exact) mass is 394 g/mol. The first kappa shape index (κ1) is 20.3. The predicted molar refractivity (Wildman–Crippen MR) is 105 cm³/mol. The zero-order valence-electron chi connectivity index (χ0n) is 15.1. The number of anilines is 1. The first-order valence-electron chi connectivity index (χ1n) is 8.35. The van der Waals surface area contributed by atoms with Crippen LogP contribution in [0, 0.1) is 5.92 Å². The molecule has 0 aliphatic heterocycles. The fourth-order valence-electron chi connectivity index (χ4n) is 2.34. The Balaban J connectivity index is 2.19. The lowest BCUT2D eigenvalue weighted by atomic mass is 10.1. The zero-order valence-corrected chi connectivity index (χ0v) is 16.6. The number of benzene rings is 2. The highest BCUT2D eigenvalue weighted by molar-refractivity contribution is 7.92. The van der Waals surface area contributed by atoms with Gasteiger partial charge in [0.1, 0.15) is 0 Å². The number of hydrogen-bond acceptors (Lipinski definition) is 3. The van der Waals surface area contributed by atoms with Crippen LogP contribution in [-0.2, 0) is 10.0 Å². The minimum atomic E-state index is -3.69. The summed E-state index contributed by atoms with van der Waals surface area (Å²) in [4.78, 5) is 12.4. The van der Waals surface area contributed by atoms with Crippen molar-refractivity contribution in [2.24, 2.45) is 5.92 Å². The smallest absolute Gasteiger partial charge is 0.264 e. The maximum Gasteiger partial charge on any atom is 0.264 e. The summed E-state index contributed by atoms with van der Waals surface area (Å²) in [5.41, 5.74) is 0.710. The van der Waals surface area contributed by atoms with Gasteiger partial charge in [-0.2, -0.15) is 0 Å². The van der Waals surface area contributed by atoms with E-state index in [4.69, 9.17) is 11.6 Å². The topological polar surface area (TPSA) is 66.5 Å². The Bertz CT molecular complexity index is 868. The fraction of sp³-hybridized carbons (Fsp3) is 0.316. The highest BCUT2D eigenvalue weighted by Gasteiger charge is 2.22. The zero-order chi connectivity index (χ0) is 19.3. The molecular formula is C19H23ClN2O3S. The number of amides is 1. The standard InChI is InChI=1S/C19H23ClN2O3S/c1-14(2)11-12-21-19(23)17-10-9-15(13-18(17)20)22(3)26(24,25)16-7-5-4-6-8-16/h4-10,13-14H,11-12H2,1-3H3,(H,21,23). The van der Waals surface area contributed by atoms with Crippen molar-refractivity contribution in [3.05, 3.63) is 59.1 Å². The number of sulfonamides is 1. The van der Waals surface area contributed by atoms with Gasteiger partial charge in [0.25, 0.3) is 15.9 Å². The van der Waals surface area contributed by atoms with Gasteiger partial charge < -0.3 is 5.32 Å². The summed E-state index contributed by atoms with van der Waals surface area (Å²) >= 11 is 6.22. The summed E-state index contributed by atoms with van der Waals surface area (Å²) in [6.07, 6.45) is 0.875. The molecule has 0 heterocycles. The number of nitrogens with one attached hydrogen (secondary N) is 1. The van der Waals surface area contributed by atoms with Crippen molar-refractivity contribution in [1.29, 1.82) is 0 Å². The van der Waals surface area contributed by atoms with Crippen molar-refractivity contribution in [2.45, 2.75) is 25.2 Å². The fourth-order valence-corrected chi connectivity index (χ4v) is 3.81. The van der Waals surface area contributed by atoms with Gasteiger partial charge in [-0.1, -0.05) is 43.6 Å². The van der Waals surface area contributed by atoms with Crippen molar-refractivity contribution in [1.82, 2.24) is 5.32 Å². The molecule has 0 aromatic heterocycles. The molecule has 2 aromatic carbocycles. The van der Waals surface area contributed by atoms with Crippen LogP contribution < -0.4 is 9.62 Å². The third-order valence-electron chi connectivity index (χ3n) is 3.97. The first-order chi connectivity index (χ1) is 12.2. The van der Waals surface area contributed by atoms with E-state index in [-0.39, 0.29) is 15.8 Å². The quantitative estimate of drug-likeness (QED) is 0.773. The van der Waals surface area contributed by atoms with E-state index in [0.717, 1.165) is 10.7 Å². The molecule has 1 N–H and O–H groups in total. The third kappa shape index (κ3) is 4.77. The van der Waals surface area contributed by atoms with Crippen molar-refractivity contribution < 1.29 is 13.2 Å². The Morgan fingerprint density at radius 2 is 1.81 bits per heavy atom. The van der Waals surface area contributed by atoms with Crippen molar-refractivity contribution in [3.8, 4) is 0 Å². The van der Waals surface area contributed by atoms with Crippen LogP contribution in [-0.4, -0.2) is 27.9 Å². The molecule has 0 aliphatic rings. The number of carbonyl (C=O) groups excluding carboxylic acids is 1. The molecule has 0 radical (unpaired) electrons. The van der Waals surface area contributed by atoms with Crippen LogP contribution in [0.15, 0.2) is 53.4 Å². The number of nitrogens with zero attached hydrogens (tertiary/aromatic N) is 1. The third-order valence-corrected chi connectivity index (χ3v) is 6.08. The van der Waals surface area contributed by atoms with Gasteiger partial charge in [0.05, 0.1) is 21.2 Å². The predicted octanol–water partition coefficient (Wildman–Crippen LogP) is 3.94. The summed E-state index contributed by atoms with van der Waals surface area (Å²) in [6.45, 7) is 4.73. The average Bonchev–Trinajstić information content (AvgIpc) is 2.61. The van der Waals surface area contributed by atoms with Crippen LogP contribution in [0.2, 0.25) is 5.02 Å². The van der Waals surface area contributed by atoms with Gasteiger partial charge in [-0.15, -0.1) is 0 Å². The van der Waals surface area contributed by atoms with Crippen LogP contribution in [0.5, 0.6) is 0 Å². The number of rotatable bonds is 7. The molecule has 0 fully saturated rings. The minimum absolute atomic E-state index is 0.189. The van der Waals surface area contributed by atoms with E-state index in [0.29, 0.717) is 23.7 Å². The molecule has 0 atom stereocenters. The van der Waals surface area contributed by atoms with Crippen molar-refractivity contribution >= 4 is 33.2 Å². The minimum Gasteiger partial charge on any atom is -0.352 e. The number of hydrogen-bond donors (Lipinski definition) is 1. The second kappa shape index (κ2) is 8.56. The van der Waals surface area contributed by atoms with E-state index in [2.05, 4.69) is 19.2 Å². The largest absolute Gasteiger partial charge is 0.352 e. The first-order valence-corrected chi connectivity index (χ1v) is 10.2. The SMILES string of the molecule is CC(C)CCNC(=O)c1ccc(N(C)S(=O)(=O)c2ccccc2)cc1Cl. The van der Waals surface area contributed by atoms with Gasteiger partial charge in [-0.05, 0) is 42.7 Å². The average molecular weight is 395 g/mol. The Kier molecular flexibility index (Phi) is 6.67. The Hall–Kier alpha value is -2.05. The van der Waals surface area contributed by atoms with E-state index < -0.39 is 10.0 Å². The molecule has 1 amide bonds. The van der Waals surface area contributed by atoms with Gasteiger partial charge in [-0.3, -0.25) is 9.10 Å². The van der Waals surface area contributed by atoms with E-state index in [9.17, 15) is 13.2 Å². The number of carbonyl (C=O) groups is 1. The molecule has 2 rings (SSSR count). The van der Waals surface area contributed by atoms with Gasteiger partial charge in [0, 0.05) is 13.6 Å². The summed E-state index contributed by atoms with van der Waals surface area (Å²) in [6, 6.07) is 12.7. The molecule has 2 aromatic rings. The summed E-state index contributed by atoms with van der Waals surface area (Å²) < 4.78 is 26.5. The summed E-state index contributed by atoms with van der Waals surface area (Å²) in [5.74, 6) is 0.223. The molecule has 0 saturated heterocycles. The summed E-state index contributed by atoms with van der Waals surface area (Å²) in [5, 5.41) is 3.03. The molecule has 0 aliphatic carbocycles. The maximum absolute atomic E-state index is 12.7. The molecule has 0 spiro atoms. The Morgan fingerprint density at radius 3 is 2.38 bits per heavy atom. The van der Waals surface area contributed by atoms with Crippen LogP contribution in [0.4, 0.5) is 5.69 Å². The lowest BCUT2D eigenvalue weighted by molar-refractivity contribution is 0.0952. The molecule has 0 unspecified atom stereocenters. The van der Waals surface area contributed by atoms with Gasteiger partial charge in [0.2, 0.25) is 0 Å². The molecule has 5 nitrogen and oxygen atoms in total. The van der Waals surface area contributed by atoms with E-state index >= 15 is 0 Å². The van der Waals surface area contributed by atoms with Crippen LogP contribution in [0.25, 0.3) is 0 Å². The van der Waals surface area contributed by atoms with Crippen LogP contribution in [0.3, 0.4) is 0 Å². The molecule has 26 heavy (non-hydrogen) atoms. The van der Waals surface area contributed by atoms with Gasteiger partial charge in [0.15, 0.2) is 0 Å².